The number of aryl methyl sites for hydroxylation is 4. The molecule has 2 N–H and O–H groups in total. The van der Waals surface area contributed by atoms with E-state index in [1.807, 2.05) is 0 Å². The number of guanidine groups is 1. The van der Waals surface area contributed by atoms with E-state index in [0.717, 1.165) is 37.1 Å². The Bertz CT molecular complexity index is 1320. The third kappa shape index (κ3) is 2.27. The van der Waals surface area contributed by atoms with E-state index in [1.54, 1.807) is 7.05 Å². The highest BCUT2D eigenvalue weighted by Crippen LogP contribution is 2.43. The Morgan fingerprint density at radius 2 is 1.45 bits per heavy atom. The van der Waals surface area contributed by atoms with E-state index in [4.69, 9.17) is 5.73 Å². The average Bonchev–Trinajstić information content (AvgIpc) is 3.38. The summed E-state index contributed by atoms with van der Waals surface area (Å²) in [5, 5.41) is 5.37. The fourth-order valence-corrected chi connectivity index (χ4v) is 5.36. The summed E-state index contributed by atoms with van der Waals surface area (Å²) < 4.78 is 0. The van der Waals surface area contributed by atoms with Crippen molar-refractivity contribution in [2.24, 2.45) is 10.7 Å². The van der Waals surface area contributed by atoms with Crippen LogP contribution < -0.4 is 10.6 Å². The fourth-order valence-electron chi connectivity index (χ4n) is 5.36. The number of benzene rings is 4. The van der Waals surface area contributed by atoms with Gasteiger partial charge in [0.2, 0.25) is 0 Å². The molecule has 0 unspecified atom stereocenters. The van der Waals surface area contributed by atoms with Crippen LogP contribution in [0.3, 0.4) is 0 Å². The molecule has 2 aliphatic carbocycles. The summed E-state index contributed by atoms with van der Waals surface area (Å²) in [7, 11) is 1.77. The van der Waals surface area contributed by atoms with Crippen LogP contribution in [-0.4, -0.2) is 13.0 Å². The molecule has 142 valence electrons. The van der Waals surface area contributed by atoms with Gasteiger partial charge in [-0.05, 0) is 76.2 Å². The number of anilines is 2. The molecule has 0 atom stereocenters. The summed E-state index contributed by atoms with van der Waals surface area (Å²) in [6.45, 7) is 0. The maximum absolute atomic E-state index is 6.52. The van der Waals surface area contributed by atoms with Gasteiger partial charge >= 0.3 is 0 Å². The lowest BCUT2D eigenvalue weighted by molar-refractivity contribution is 1.02. The van der Waals surface area contributed by atoms with E-state index in [2.05, 4.69) is 70.6 Å². The number of hydrogen-bond acceptors (Lipinski definition) is 1. The molecular formula is C26H23N3. The summed E-state index contributed by atoms with van der Waals surface area (Å²) in [5.74, 6) is 0.531. The van der Waals surface area contributed by atoms with Crippen LogP contribution in [0.4, 0.5) is 11.4 Å². The van der Waals surface area contributed by atoms with Gasteiger partial charge in [0.25, 0.3) is 0 Å². The van der Waals surface area contributed by atoms with Gasteiger partial charge in [-0.1, -0.05) is 48.5 Å². The maximum Gasteiger partial charge on any atom is 0.200 e. The third-order valence-electron chi connectivity index (χ3n) is 6.65. The number of aliphatic imine (C=N–C) groups is 1. The highest BCUT2D eigenvalue weighted by molar-refractivity contribution is 6.12. The first kappa shape index (κ1) is 16.6. The predicted molar refractivity (Wildman–Crippen MR) is 122 cm³/mol. The van der Waals surface area contributed by atoms with Crippen LogP contribution in [0, 0.1) is 0 Å². The molecule has 4 aromatic rings. The predicted octanol–water partition coefficient (Wildman–Crippen LogP) is 5.27. The number of nitrogens with zero attached hydrogens (tertiary/aromatic N) is 2. The maximum atomic E-state index is 6.52. The quantitative estimate of drug-likeness (QED) is 0.382. The molecule has 3 heteroatoms. The van der Waals surface area contributed by atoms with Crippen molar-refractivity contribution in [1.82, 2.24) is 0 Å². The van der Waals surface area contributed by atoms with Gasteiger partial charge in [-0.3, -0.25) is 9.89 Å². The van der Waals surface area contributed by atoms with E-state index in [1.165, 1.54) is 43.8 Å². The van der Waals surface area contributed by atoms with Crippen molar-refractivity contribution in [3.63, 3.8) is 0 Å². The van der Waals surface area contributed by atoms with Crippen LogP contribution in [0.25, 0.3) is 21.5 Å². The molecule has 0 heterocycles. The molecule has 0 aromatic heterocycles. The van der Waals surface area contributed by atoms with Crippen molar-refractivity contribution >= 4 is 38.9 Å². The second-order valence-corrected chi connectivity index (χ2v) is 8.08. The smallest absolute Gasteiger partial charge is 0.200 e. The van der Waals surface area contributed by atoms with Gasteiger partial charge in [-0.25, -0.2) is 0 Å². The minimum Gasteiger partial charge on any atom is -0.369 e. The zero-order valence-electron chi connectivity index (χ0n) is 16.6. The fraction of sp³-hybridized carbons (Fsp3) is 0.192. The van der Waals surface area contributed by atoms with E-state index in [9.17, 15) is 0 Å². The number of hydrogen-bond donors (Lipinski definition) is 1. The number of rotatable bonds is 2. The summed E-state index contributed by atoms with van der Waals surface area (Å²) in [6.07, 6.45) is 4.38. The third-order valence-corrected chi connectivity index (χ3v) is 6.65. The molecule has 0 aliphatic heterocycles. The lowest BCUT2D eigenvalue weighted by Crippen LogP contribution is -2.34. The highest BCUT2D eigenvalue weighted by Gasteiger charge is 2.26. The van der Waals surface area contributed by atoms with E-state index < -0.39 is 0 Å². The van der Waals surface area contributed by atoms with Crippen molar-refractivity contribution in [3.05, 3.63) is 82.9 Å². The minimum absolute atomic E-state index is 0.531. The Kier molecular flexibility index (Phi) is 3.48. The molecule has 0 spiro atoms. The summed E-state index contributed by atoms with van der Waals surface area (Å²) >= 11 is 0. The summed E-state index contributed by atoms with van der Waals surface area (Å²) in [6, 6.07) is 22.2. The Morgan fingerprint density at radius 3 is 2.28 bits per heavy atom. The average molecular weight is 377 g/mol. The monoisotopic (exact) mass is 377 g/mol. The minimum atomic E-state index is 0.531. The van der Waals surface area contributed by atoms with Crippen molar-refractivity contribution in [1.29, 1.82) is 0 Å². The van der Waals surface area contributed by atoms with Gasteiger partial charge in [-0.15, -0.1) is 0 Å². The Labute approximate surface area is 170 Å². The van der Waals surface area contributed by atoms with Crippen molar-refractivity contribution in [2.45, 2.75) is 25.7 Å². The normalized spacial score (nSPS) is 14.9. The molecule has 0 bridgehead atoms. The van der Waals surface area contributed by atoms with Gasteiger partial charge in [0.15, 0.2) is 5.96 Å². The van der Waals surface area contributed by atoms with Gasteiger partial charge in [-0.2, -0.15) is 0 Å². The van der Waals surface area contributed by atoms with Crippen LogP contribution in [0.2, 0.25) is 0 Å². The zero-order chi connectivity index (χ0) is 19.5. The molecule has 2 aliphatic rings. The summed E-state index contributed by atoms with van der Waals surface area (Å²) in [4.78, 5) is 6.57. The molecule has 0 radical (unpaired) electrons. The van der Waals surface area contributed by atoms with E-state index >= 15 is 0 Å². The first-order valence-electron chi connectivity index (χ1n) is 10.4. The standard InChI is InChI=1S/C26H23N3/c1-28-26(27)29(22-15-12-19-9-8-16-6-3-7-20(22)25(16)19)23-14-11-18-5-2-4-17-10-13-21(23)24(17)18/h2-7,11-12,14-15H,8-10,13H2,1H3,(H2,27,28). The molecular weight excluding hydrogens is 354 g/mol. The topological polar surface area (TPSA) is 41.6 Å². The first-order chi connectivity index (χ1) is 14.3. The van der Waals surface area contributed by atoms with Crippen molar-refractivity contribution in [3.8, 4) is 0 Å². The molecule has 0 saturated carbocycles. The first-order valence-corrected chi connectivity index (χ1v) is 10.4. The molecule has 0 saturated heterocycles. The SMILES string of the molecule is CN=C(N)N(c1ccc2cccc3c2c1CC3)c1ccc2c3c(cccc13)CC2. The van der Waals surface area contributed by atoms with Gasteiger partial charge < -0.3 is 5.73 Å². The Hall–Kier alpha value is -3.33. The van der Waals surface area contributed by atoms with Crippen LogP contribution in [0.15, 0.2) is 65.7 Å². The van der Waals surface area contributed by atoms with Crippen LogP contribution in [0.1, 0.15) is 22.3 Å². The molecule has 6 rings (SSSR count). The van der Waals surface area contributed by atoms with Crippen LogP contribution in [0.5, 0.6) is 0 Å². The molecule has 3 nitrogen and oxygen atoms in total. The zero-order valence-corrected chi connectivity index (χ0v) is 16.6. The Balaban J connectivity index is 1.66. The molecule has 0 amide bonds. The summed E-state index contributed by atoms with van der Waals surface area (Å²) in [5.41, 5.74) is 14.5. The second kappa shape index (κ2) is 6.08. The van der Waals surface area contributed by atoms with Gasteiger partial charge in [0.05, 0.1) is 11.4 Å². The van der Waals surface area contributed by atoms with Crippen molar-refractivity contribution < 1.29 is 0 Å². The second-order valence-electron chi connectivity index (χ2n) is 8.08. The van der Waals surface area contributed by atoms with E-state index in [-0.39, 0.29) is 0 Å². The lowest BCUT2D eigenvalue weighted by atomic mass is 10.00. The molecule has 4 aromatic carbocycles. The largest absolute Gasteiger partial charge is 0.369 e. The molecule has 0 fully saturated rings. The van der Waals surface area contributed by atoms with Crippen molar-refractivity contribution in [2.75, 3.05) is 11.9 Å². The van der Waals surface area contributed by atoms with Gasteiger partial charge in [0.1, 0.15) is 0 Å². The van der Waals surface area contributed by atoms with Crippen LogP contribution >= 0.6 is 0 Å². The Morgan fingerprint density at radius 1 is 0.759 bits per heavy atom. The highest BCUT2D eigenvalue weighted by atomic mass is 15.3. The van der Waals surface area contributed by atoms with E-state index in [0.29, 0.717) is 5.96 Å². The van der Waals surface area contributed by atoms with Gasteiger partial charge in [0, 0.05) is 12.4 Å². The molecule has 29 heavy (non-hydrogen) atoms. The lowest BCUT2D eigenvalue weighted by Gasteiger charge is -2.28. The number of nitrogens with two attached hydrogens (primary N) is 1. The van der Waals surface area contributed by atoms with Crippen LogP contribution in [-0.2, 0) is 25.7 Å².